The van der Waals surface area contributed by atoms with Crippen molar-refractivity contribution in [3.05, 3.63) is 36.5 Å². The molecule has 12 nitrogen and oxygen atoms in total. The number of allylic oxidation sites excluding steroid dienone is 6. The Hall–Kier alpha value is -2.13. The Labute approximate surface area is 338 Å². The zero-order valence-electron chi connectivity index (χ0n) is 34.5. The quantitative estimate of drug-likeness (QED) is 0.0208. The van der Waals surface area contributed by atoms with E-state index in [2.05, 4.69) is 50.3 Å². The summed E-state index contributed by atoms with van der Waals surface area (Å²) in [7, 11) is -4.60. The van der Waals surface area contributed by atoms with Crippen molar-refractivity contribution in [3.8, 4) is 0 Å². The predicted molar refractivity (Wildman–Crippen MR) is 219 cm³/mol. The fraction of sp³-hybridized carbons (Fsp3) is 0.814. The lowest BCUT2D eigenvalue weighted by Gasteiger charge is -2.40. The summed E-state index contributed by atoms with van der Waals surface area (Å²) in [6.07, 6.45) is 27.6. The van der Waals surface area contributed by atoms with Gasteiger partial charge in [0, 0.05) is 12.8 Å². The standard InChI is InChI=1S/C43H76O12S/c1-3-5-7-9-11-13-15-17-18-20-21-23-25-27-29-31-38(44)52-33-36(34-53-43-42(48)41(47)40(46)37(55-43)35-56(49,50)51)54-39(45)32-30-28-26-24-22-19-16-14-12-10-8-6-4-2/h5,7,11,13,17-18,36-37,40-43,46-48H,3-4,6,8-10,12,14-16,19-35H2,1-2H3,(H,49,50,51)/b7-5-,13-11-,18-17-/t36-,37-,40-,41+,42-,43+/m1/s1. The third-order valence-electron chi connectivity index (χ3n) is 9.73. The van der Waals surface area contributed by atoms with Gasteiger partial charge < -0.3 is 34.3 Å². The Morgan fingerprint density at radius 3 is 1.68 bits per heavy atom. The second kappa shape index (κ2) is 33.8. The van der Waals surface area contributed by atoms with Crippen LogP contribution in [-0.4, -0.2) is 96.0 Å². The van der Waals surface area contributed by atoms with Gasteiger partial charge in [0.25, 0.3) is 10.1 Å². The highest BCUT2D eigenvalue weighted by molar-refractivity contribution is 7.85. The van der Waals surface area contributed by atoms with E-state index in [1.54, 1.807) is 0 Å². The van der Waals surface area contributed by atoms with Crippen LogP contribution >= 0.6 is 0 Å². The number of aliphatic hydroxyl groups excluding tert-OH is 3. The van der Waals surface area contributed by atoms with E-state index >= 15 is 0 Å². The van der Waals surface area contributed by atoms with Crippen molar-refractivity contribution < 1.29 is 56.8 Å². The molecule has 0 amide bonds. The maximum atomic E-state index is 12.8. The Balaban J connectivity index is 2.48. The summed E-state index contributed by atoms with van der Waals surface area (Å²) >= 11 is 0. The number of ether oxygens (including phenoxy) is 4. The lowest BCUT2D eigenvalue weighted by atomic mass is 10.00. The van der Waals surface area contributed by atoms with E-state index in [9.17, 15) is 37.9 Å². The molecule has 1 aliphatic rings. The molecule has 1 saturated heterocycles. The fourth-order valence-corrected chi connectivity index (χ4v) is 7.09. The van der Waals surface area contributed by atoms with Crippen LogP contribution in [0.2, 0.25) is 0 Å². The van der Waals surface area contributed by atoms with Crippen LogP contribution in [0.4, 0.5) is 0 Å². The molecule has 1 aliphatic heterocycles. The minimum Gasteiger partial charge on any atom is -0.462 e. The first-order valence-corrected chi connectivity index (χ1v) is 23.2. The van der Waals surface area contributed by atoms with Crippen LogP contribution in [0.3, 0.4) is 0 Å². The fourth-order valence-electron chi connectivity index (χ4n) is 6.40. The van der Waals surface area contributed by atoms with Gasteiger partial charge in [-0.1, -0.05) is 147 Å². The van der Waals surface area contributed by atoms with Crippen molar-refractivity contribution in [2.24, 2.45) is 0 Å². The molecule has 1 fully saturated rings. The van der Waals surface area contributed by atoms with Crippen LogP contribution in [0.1, 0.15) is 168 Å². The Bertz CT molecular complexity index is 1190. The number of aliphatic hydroxyl groups is 3. The van der Waals surface area contributed by atoms with Gasteiger partial charge in [0.2, 0.25) is 0 Å². The molecule has 0 aliphatic carbocycles. The molecule has 0 saturated carbocycles. The van der Waals surface area contributed by atoms with Gasteiger partial charge in [0.1, 0.15) is 36.8 Å². The first-order chi connectivity index (χ1) is 27.0. The summed E-state index contributed by atoms with van der Waals surface area (Å²) < 4.78 is 54.0. The van der Waals surface area contributed by atoms with Crippen molar-refractivity contribution in [3.63, 3.8) is 0 Å². The van der Waals surface area contributed by atoms with Crippen molar-refractivity contribution in [1.82, 2.24) is 0 Å². The van der Waals surface area contributed by atoms with Gasteiger partial charge in [-0.25, -0.2) is 0 Å². The molecule has 0 spiro atoms. The number of hydrogen-bond donors (Lipinski definition) is 4. The van der Waals surface area contributed by atoms with Gasteiger partial charge >= 0.3 is 11.9 Å². The summed E-state index contributed by atoms with van der Waals surface area (Å²) in [5.41, 5.74) is 0. The van der Waals surface area contributed by atoms with Crippen molar-refractivity contribution >= 4 is 22.1 Å². The van der Waals surface area contributed by atoms with E-state index in [1.165, 1.54) is 57.8 Å². The molecule has 1 rings (SSSR count). The highest BCUT2D eigenvalue weighted by Crippen LogP contribution is 2.24. The van der Waals surface area contributed by atoms with Gasteiger partial charge in [-0.2, -0.15) is 8.42 Å². The molecular weight excluding hydrogens is 741 g/mol. The van der Waals surface area contributed by atoms with Crippen LogP contribution in [0, 0.1) is 0 Å². The molecule has 0 radical (unpaired) electrons. The van der Waals surface area contributed by atoms with Gasteiger partial charge in [-0.05, 0) is 44.9 Å². The van der Waals surface area contributed by atoms with E-state index in [4.69, 9.17) is 18.9 Å². The number of carbonyl (C=O) groups excluding carboxylic acids is 2. The molecule has 0 bridgehead atoms. The lowest BCUT2D eigenvalue weighted by Crippen LogP contribution is -2.60. The predicted octanol–water partition coefficient (Wildman–Crippen LogP) is 8.22. The maximum absolute atomic E-state index is 12.8. The molecule has 0 aromatic heterocycles. The zero-order valence-corrected chi connectivity index (χ0v) is 35.3. The molecule has 4 N–H and O–H groups in total. The molecule has 56 heavy (non-hydrogen) atoms. The number of carbonyl (C=O) groups is 2. The molecular formula is C43H76O12S. The van der Waals surface area contributed by atoms with E-state index < -0.39 is 71.2 Å². The van der Waals surface area contributed by atoms with Gasteiger partial charge in [-0.15, -0.1) is 0 Å². The third kappa shape index (κ3) is 28.3. The second-order valence-corrected chi connectivity index (χ2v) is 16.5. The van der Waals surface area contributed by atoms with Gasteiger partial charge in [0.15, 0.2) is 12.4 Å². The monoisotopic (exact) mass is 817 g/mol. The zero-order chi connectivity index (χ0) is 41.3. The molecule has 1 heterocycles. The SMILES string of the molecule is CC/C=C\C/C=C\C/C=C\CCCCCCCC(=O)OC[C@H](CO[C@H]1O[C@H](CS(=O)(=O)O)[C@@H](O)[C@H](O)[C@H]1O)OC(=O)CCCCCCCCCCCCCCC. The van der Waals surface area contributed by atoms with E-state index in [-0.39, 0.29) is 19.4 Å². The average Bonchev–Trinajstić information content (AvgIpc) is 3.16. The van der Waals surface area contributed by atoms with Crippen LogP contribution in [-0.2, 0) is 38.7 Å². The largest absolute Gasteiger partial charge is 0.462 e. The van der Waals surface area contributed by atoms with Crippen LogP contribution in [0.5, 0.6) is 0 Å². The van der Waals surface area contributed by atoms with Crippen molar-refractivity contribution in [1.29, 1.82) is 0 Å². The molecule has 0 aromatic rings. The number of esters is 2. The minimum absolute atomic E-state index is 0.163. The van der Waals surface area contributed by atoms with Crippen molar-refractivity contribution in [2.45, 2.75) is 205 Å². The smallest absolute Gasteiger partial charge is 0.306 e. The Kier molecular flexibility index (Phi) is 31.3. The Morgan fingerprint density at radius 2 is 1.12 bits per heavy atom. The second-order valence-electron chi connectivity index (χ2n) is 15.0. The number of rotatable bonds is 35. The van der Waals surface area contributed by atoms with Gasteiger partial charge in [0.05, 0.1) is 6.61 Å². The first-order valence-electron chi connectivity index (χ1n) is 21.5. The van der Waals surface area contributed by atoms with E-state index in [1.807, 2.05) is 0 Å². The van der Waals surface area contributed by atoms with E-state index in [0.29, 0.717) is 12.8 Å². The van der Waals surface area contributed by atoms with Crippen LogP contribution in [0.15, 0.2) is 36.5 Å². The maximum Gasteiger partial charge on any atom is 0.306 e. The molecule has 13 heteroatoms. The molecule has 6 atom stereocenters. The van der Waals surface area contributed by atoms with E-state index in [0.717, 1.165) is 70.6 Å². The van der Waals surface area contributed by atoms with Gasteiger partial charge in [-0.3, -0.25) is 14.1 Å². The van der Waals surface area contributed by atoms with Crippen molar-refractivity contribution in [2.75, 3.05) is 19.0 Å². The highest BCUT2D eigenvalue weighted by atomic mass is 32.2. The summed E-state index contributed by atoms with van der Waals surface area (Å²) in [5, 5.41) is 30.8. The normalized spacial score (nSPS) is 21.0. The minimum atomic E-state index is -4.60. The highest BCUT2D eigenvalue weighted by Gasteiger charge is 2.46. The molecule has 0 aromatic carbocycles. The topological polar surface area (TPSA) is 186 Å². The Morgan fingerprint density at radius 1 is 0.625 bits per heavy atom. The number of hydrogen-bond acceptors (Lipinski definition) is 11. The third-order valence-corrected chi connectivity index (χ3v) is 10.5. The summed E-state index contributed by atoms with van der Waals surface area (Å²) in [5.74, 6) is -2.00. The lowest BCUT2D eigenvalue weighted by molar-refractivity contribution is -0.297. The summed E-state index contributed by atoms with van der Waals surface area (Å²) in [6, 6.07) is 0. The average molecular weight is 817 g/mol. The number of unbranched alkanes of at least 4 members (excludes halogenated alkanes) is 17. The molecule has 0 unspecified atom stereocenters. The summed E-state index contributed by atoms with van der Waals surface area (Å²) in [4.78, 5) is 25.3. The van der Waals surface area contributed by atoms with Crippen LogP contribution < -0.4 is 0 Å². The van der Waals surface area contributed by atoms with Crippen LogP contribution in [0.25, 0.3) is 0 Å². The first kappa shape index (κ1) is 51.9. The summed E-state index contributed by atoms with van der Waals surface area (Å²) in [6.45, 7) is 3.62. The molecule has 326 valence electrons.